The molecule has 1 amide bonds. The summed E-state index contributed by atoms with van der Waals surface area (Å²) in [5.74, 6) is 1.02. The molecule has 0 radical (unpaired) electrons. The second-order valence-corrected chi connectivity index (χ2v) is 6.10. The lowest BCUT2D eigenvalue weighted by Gasteiger charge is -2.21. The minimum Gasteiger partial charge on any atom is -0.348 e. The first-order valence-electron chi connectivity index (χ1n) is 8.06. The molecule has 0 unspecified atom stereocenters. The Hall–Kier alpha value is -2.21. The molecule has 0 bridgehead atoms. The van der Waals surface area contributed by atoms with Crippen molar-refractivity contribution in [2.75, 3.05) is 19.6 Å². The molecule has 6 nitrogen and oxygen atoms in total. The van der Waals surface area contributed by atoms with Crippen LogP contribution in [0.1, 0.15) is 36.0 Å². The van der Waals surface area contributed by atoms with Crippen molar-refractivity contribution in [3.63, 3.8) is 0 Å². The smallest absolute Gasteiger partial charge is 0.251 e. The number of aryl methyl sites for hydroxylation is 1. The summed E-state index contributed by atoms with van der Waals surface area (Å²) in [6, 6.07) is 7.40. The fraction of sp³-hybridized carbons (Fsp3) is 0.471. The third kappa shape index (κ3) is 3.96. The second-order valence-electron chi connectivity index (χ2n) is 6.10. The van der Waals surface area contributed by atoms with Crippen LogP contribution in [0, 0.1) is 6.92 Å². The molecule has 1 saturated heterocycles. The maximum atomic E-state index is 12.3. The molecule has 1 aromatic heterocycles. The number of carbonyl (C=O) groups excluding carboxylic acids is 1. The van der Waals surface area contributed by atoms with E-state index >= 15 is 0 Å². The minimum absolute atomic E-state index is 0.0486. The molecule has 2 aromatic rings. The van der Waals surface area contributed by atoms with Crippen LogP contribution in [-0.2, 0) is 0 Å². The van der Waals surface area contributed by atoms with E-state index in [4.69, 9.17) is 4.52 Å². The number of hydrogen-bond donors (Lipinski definition) is 1. The third-order valence-electron chi connectivity index (χ3n) is 4.04. The maximum Gasteiger partial charge on any atom is 0.251 e. The fourth-order valence-corrected chi connectivity index (χ4v) is 2.89. The maximum absolute atomic E-state index is 12.3. The van der Waals surface area contributed by atoms with Crippen molar-refractivity contribution in [2.45, 2.75) is 32.7 Å². The van der Waals surface area contributed by atoms with Crippen molar-refractivity contribution in [1.82, 2.24) is 20.4 Å². The fourth-order valence-electron chi connectivity index (χ4n) is 2.89. The van der Waals surface area contributed by atoms with Crippen molar-refractivity contribution in [2.24, 2.45) is 0 Å². The first-order chi connectivity index (χ1) is 11.1. The Morgan fingerprint density at radius 1 is 1.30 bits per heavy atom. The zero-order valence-corrected chi connectivity index (χ0v) is 13.6. The van der Waals surface area contributed by atoms with E-state index in [1.54, 1.807) is 19.1 Å². The van der Waals surface area contributed by atoms with Crippen LogP contribution >= 0.6 is 0 Å². The van der Waals surface area contributed by atoms with Gasteiger partial charge in [0.2, 0.25) is 11.7 Å². The SMILES string of the molecule is Cc1nc(-c2ccc(C(=O)N[C@H](C)CN3CCCC3)cc2)no1. The average Bonchev–Trinajstić information content (AvgIpc) is 3.19. The Morgan fingerprint density at radius 3 is 2.61 bits per heavy atom. The summed E-state index contributed by atoms with van der Waals surface area (Å²) in [4.78, 5) is 18.9. The van der Waals surface area contributed by atoms with Gasteiger partial charge in [0.25, 0.3) is 5.91 Å². The molecule has 0 spiro atoms. The summed E-state index contributed by atoms with van der Waals surface area (Å²) >= 11 is 0. The molecule has 2 heterocycles. The van der Waals surface area contributed by atoms with E-state index in [1.807, 2.05) is 19.1 Å². The average molecular weight is 314 g/mol. The molecule has 0 aliphatic carbocycles. The summed E-state index contributed by atoms with van der Waals surface area (Å²) in [5.41, 5.74) is 1.48. The monoisotopic (exact) mass is 314 g/mol. The number of aromatic nitrogens is 2. The van der Waals surface area contributed by atoms with Crippen molar-refractivity contribution < 1.29 is 9.32 Å². The highest BCUT2D eigenvalue weighted by atomic mass is 16.5. The van der Waals surface area contributed by atoms with Crippen LogP contribution in [0.15, 0.2) is 28.8 Å². The molecule has 0 saturated carbocycles. The standard InChI is InChI=1S/C17H22N4O2/c1-12(11-21-9-3-4-10-21)18-17(22)15-7-5-14(6-8-15)16-19-13(2)23-20-16/h5-8,12H,3-4,9-11H2,1-2H3,(H,18,22)/t12-/m1/s1. The molecule has 1 fully saturated rings. The van der Waals surface area contributed by atoms with Gasteiger partial charge in [-0.05, 0) is 45.0 Å². The van der Waals surface area contributed by atoms with E-state index in [9.17, 15) is 4.79 Å². The highest BCUT2D eigenvalue weighted by Crippen LogP contribution is 2.16. The van der Waals surface area contributed by atoms with Gasteiger partial charge in [0.15, 0.2) is 0 Å². The zero-order valence-electron chi connectivity index (χ0n) is 13.6. The van der Waals surface area contributed by atoms with Crippen molar-refractivity contribution >= 4 is 5.91 Å². The van der Waals surface area contributed by atoms with Gasteiger partial charge in [-0.1, -0.05) is 17.3 Å². The van der Waals surface area contributed by atoms with Gasteiger partial charge in [-0.25, -0.2) is 0 Å². The highest BCUT2D eigenvalue weighted by molar-refractivity contribution is 5.94. The summed E-state index contributed by atoms with van der Waals surface area (Å²) in [6.45, 7) is 6.98. The first-order valence-corrected chi connectivity index (χ1v) is 8.06. The molecular formula is C17H22N4O2. The van der Waals surface area contributed by atoms with Crippen molar-refractivity contribution in [3.8, 4) is 11.4 Å². The molecule has 1 aliphatic heterocycles. The summed E-state index contributed by atoms with van der Waals surface area (Å²) in [6.07, 6.45) is 2.52. The molecule has 1 aliphatic rings. The number of likely N-dealkylation sites (tertiary alicyclic amines) is 1. The number of rotatable bonds is 5. The lowest BCUT2D eigenvalue weighted by Crippen LogP contribution is -2.41. The number of amides is 1. The van der Waals surface area contributed by atoms with E-state index in [-0.39, 0.29) is 11.9 Å². The molecule has 1 atom stereocenters. The van der Waals surface area contributed by atoms with Gasteiger partial charge in [0.05, 0.1) is 0 Å². The molecule has 23 heavy (non-hydrogen) atoms. The van der Waals surface area contributed by atoms with E-state index in [0.29, 0.717) is 17.3 Å². The van der Waals surface area contributed by atoms with E-state index in [1.165, 1.54) is 12.8 Å². The number of nitrogens with one attached hydrogen (secondary N) is 1. The third-order valence-corrected chi connectivity index (χ3v) is 4.04. The minimum atomic E-state index is -0.0486. The summed E-state index contributed by atoms with van der Waals surface area (Å²) in [5, 5.41) is 6.93. The molecule has 1 N–H and O–H groups in total. The van der Waals surface area contributed by atoms with Crippen molar-refractivity contribution in [1.29, 1.82) is 0 Å². The topological polar surface area (TPSA) is 71.3 Å². The molecule has 1 aromatic carbocycles. The Balaban J connectivity index is 1.58. The van der Waals surface area contributed by atoms with Crippen LogP contribution in [-0.4, -0.2) is 46.6 Å². The molecule has 122 valence electrons. The second kappa shape index (κ2) is 6.91. The Morgan fingerprint density at radius 2 is 2.00 bits per heavy atom. The number of hydrogen-bond acceptors (Lipinski definition) is 5. The van der Waals surface area contributed by atoms with Crippen LogP contribution < -0.4 is 5.32 Å². The Bertz CT molecular complexity index is 659. The summed E-state index contributed by atoms with van der Waals surface area (Å²) in [7, 11) is 0. The van der Waals surface area contributed by atoms with E-state index < -0.39 is 0 Å². The van der Waals surface area contributed by atoms with Gasteiger partial charge in [-0.3, -0.25) is 4.79 Å². The van der Waals surface area contributed by atoms with Crippen LogP contribution in [0.3, 0.4) is 0 Å². The zero-order chi connectivity index (χ0) is 16.2. The van der Waals surface area contributed by atoms with Gasteiger partial charge < -0.3 is 14.7 Å². The van der Waals surface area contributed by atoms with Crippen LogP contribution in [0.5, 0.6) is 0 Å². The van der Waals surface area contributed by atoms with Gasteiger partial charge in [0.1, 0.15) is 0 Å². The van der Waals surface area contributed by atoms with Crippen LogP contribution in [0.4, 0.5) is 0 Å². The predicted octanol–water partition coefficient (Wildman–Crippen LogP) is 2.26. The van der Waals surface area contributed by atoms with Gasteiger partial charge in [-0.15, -0.1) is 0 Å². The molecular weight excluding hydrogens is 292 g/mol. The van der Waals surface area contributed by atoms with E-state index in [2.05, 4.69) is 20.4 Å². The van der Waals surface area contributed by atoms with Gasteiger partial charge in [0, 0.05) is 30.6 Å². The predicted molar refractivity (Wildman–Crippen MR) is 87.1 cm³/mol. The normalized spacial score (nSPS) is 16.4. The summed E-state index contributed by atoms with van der Waals surface area (Å²) < 4.78 is 4.97. The van der Waals surface area contributed by atoms with Gasteiger partial charge >= 0.3 is 0 Å². The van der Waals surface area contributed by atoms with Crippen molar-refractivity contribution in [3.05, 3.63) is 35.7 Å². The van der Waals surface area contributed by atoms with E-state index in [0.717, 1.165) is 25.2 Å². The largest absolute Gasteiger partial charge is 0.348 e. The number of carbonyl (C=O) groups is 1. The van der Waals surface area contributed by atoms with Crippen LogP contribution in [0.25, 0.3) is 11.4 Å². The first kappa shape index (κ1) is 15.7. The lowest BCUT2D eigenvalue weighted by molar-refractivity contribution is 0.0932. The Kier molecular flexibility index (Phi) is 4.71. The molecule has 6 heteroatoms. The van der Waals surface area contributed by atoms with Gasteiger partial charge in [-0.2, -0.15) is 4.98 Å². The number of nitrogens with zero attached hydrogens (tertiary/aromatic N) is 3. The quantitative estimate of drug-likeness (QED) is 0.916. The molecule has 3 rings (SSSR count). The Labute approximate surface area is 135 Å². The highest BCUT2D eigenvalue weighted by Gasteiger charge is 2.16. The van der Waals surface area contributed by atoms with Crippen LogP contribution in [0.2, 0.25) is 0 Å². The number of benzene rings is 1. The lowest BCUT2D eigenvalue weighted by atomic mass is 10.1.